The molecule has 0 aromatic heterocycles. The summed E-state index contributed by atoms with van der Waals surface area (Å²) in [4.78, 5) is 0. The van der Waals surface area contributed by atoms with Crippen LogP contribution in [0.25, 0.3) is 0 Å². The number of nitrogens with one attached hydrogen (secondary N) is 1. The summed E-state index contributed by atoms with van der Waals surface area (Å²) in [6, 6.07) is 4.09. The van der Waals surface area contributed by atoms with E-state index >= 15 is 0 Å². The van der Waals surface area contributed by atoms with E-state index in [1.807, 2.05) is 13.8 Å². The van der Waals surface area contributed by atoms with Gasteiger partial charge in [0.2, 0.25) is 0 Å². The van der Waals surface area contributed by atoms with E-state index in [1.165, 1.54) is 6.07 Å². The van der Waals surface area contributed by atoms with Gasteiger partial charge in [-0.3, -0.25) is 0 Å². The fourth-order valence-electron chi connectivity index (χ4n) is 1.63. The van der Waals surface area contributed by atoms with Gasteiger partial charge in [0.15, 0.2) is 0 Å². The highest BCUT2D eigenvalue weighted by Gasteiger charge is 2.09. The summed E-state index contributed by atoms with van der Waals surface area (Å²) in [6.07, 6.45) is 0.917. The summed E-state index contributed by atoms with van der Waals surface area (Å²) in [5, 5.41) is 12.9. The Labute approximate surface area is 102 Å². The van der Waals surface area contributed by atoms with Crippen LogP contribution in [0, 0.1) is 5.82 Å². The van der Waals surface area contributed by atoms with Crippen LogP contribution in [-0.4, -0.2) is 24.9 Å². The van der Waals surface area contributed by atoms with Crippen molar-refractivity contribution in [3.63, 3.8) is 0 Å². The molecule has 0 spiro atoms. The van der Waals surface area contributed by atoms with Crippen LogP contribution in [0.15, 0.2) is 18.2 Å². The molecule has 4 heteroatoms. The first-order valence-electron chi connectivity index (χ1n) is 5.94. The van der Waals surface area contributed by atoms with Gasteiger partial charge in [-0.1, -0.05) is 6.07 Å². The molecule has 1 rings (SSSR count). The van der Waals surface area contributed by atoms with Gasteiger partial charge in [0.25, 0.3) is 0 Å². The summed E-state index contributed by atoms with van der Waals surface area (Å²) in [6.45, 7) is 6.16. The lowest BCUT2D eigenvalue weighted by molar-refractivity contribution is 0.144. The van der Waals surface area contributed by atoms with Crippen LogP contribution in [-0.2, 0) is 4.74 Å². The number of phenolic OH excluding ortho intramolecular Hbond substituents is 1. The minimum absolute atomic E-state index is 0.00257. The lowest BCUT2D eigenvalue weighted by Crippen LogP contribution is -2.21. The maximum Gasteiger partial charge on any atom is 0.126 e. The van der Waals surface area contributed by atoms with Crippen molar-refractivity contribution in [1.29, 1.82) is 0 Å². The van der Waals surface area contributed by atoms with E-state index in [-0.39, 0.29) is 11.8 Å². The van der Waals surface area contributed by atoms with E-state index in [9.17, 15) is 9.50 Å². The van der Waals surface area contributed by atoms with Gasteiger partial charge < -0.3 is 15.2 Å². The van der Waals surface area contributed by atoms with Crippen LogP contribution >= 0.6 is 0 Å². The van der Waals surface area contributed by atoms with Crippen LogP contribution in [0.1, 0.15) is 31.9 Å². The van der Waals surface area contributed by atoms with Gasteiger partial charge >= 0.3 is 0 Å². The predicted molar refractivity (Wildman–Crippen MR) is 65.6 cm³/mol. The van der Waals surface area contributed by atoms with E-state index in [1.54, 1.807) is 6.07 Å². The van der Waals surface area contributed by atoms with E-state index in [2.05, 4.69) is 5.32 Å². The Bertz CT molecular complexity index is 344. The van der Waals surface area contributed by atoms with Crippen molar-refractivity contribution in [2.45, 2.75) is 26.3 Å². The van der Waals surface area contributed by atoms with E-state index in [4.69, 9.17) is 4.74 Å². The third-order valence-corrected chi connectivity index (χ3v) is 2.58. The van der Waals surface area contributed by atoms with Gasteiger partial charge in [-0.05, 0) is 32.9 Å². The van der Waals surface area contributed by atoms with Gasteiger partial charge in [-0.25, -0.2) is 4.39 Å². The van der Waals surface area contributed by atoms with E-state index in [0.29, 0.717) is 5.56 Å². The molecule has 0 aliphatic rings. The zero-order valence-corrected chi connectivity index (χ0v) is 10.4. The molecule has 1 aromatic rings. The summed E-state index contributed by atoms with van der Waals surface area (Å²) in [5.74, 6) is -0.426. The van der Waals surface area contributed by atoms with Gasteiger partial charge in [0.05, 0.1) is 0 Å². The number of phenols is 1. The fourth-order valence-corrected chi connectivity index (χ4v) is 1.63. The Morgan fingerprint density at radius 2 is 2.24 bits per heavy atom. The molecule has 1 unspecified atom stereocenters. The highest BCUT2D eigenvalue weighted by Crippen LogP contribution is 2.24. The standard InChI is InChI=1S/C13H20FNO2/c1-3-17-8-4-7-15-10(2)12-6-5-11(14)9-13(12)16/h5-6,9-10,15-16H,3-4,7-8H2,1-2H3. The first-order chi connectivity index (χ1) is 8.15. The smallest absolute Gasteiger partial charge is 0.126 e. The topological polar surface area (TPSA) is 41.5 Å². The first kappa shape index (κ1) is 13.9. The van der Waals surface area contributed by atoms with Gasteiger partial charge in [-0.2, -0.15) is 0 Å². The lowest BCUT2D eigenvalue weighted by Gasteiger charge is -2.15. The third-order valence-electron chi connectivity index (χ3n) is 2.58. The highest BCUT2D eigenvalue weighted by atomic mass is 19.1. The molecule has 0 radical (unpaired) electrons. The van der Waals surface area contributed by atoms with E-state index < -0.39 is 5.82 Å². The normalized spacial score (nSPS) is 12.6. The Balaban J connectivity index is 2.38. The number of benzene rings is 1. The van der Waals surface area contributed by atoms with Crippen molar-refractivity contribution in [1.82, 2.24) is 5.32 Å². The van der Waals surface area contributed by atoms with Crippen molar-refractivity contribution >= 4 is 0 Å². The van der Waals surface area contributed by atoms with Crippen molar-refractivity contribution < 1.29 is 14.2 Å². The molecule has 0 amide bonds. The summed E-state index contributed by atoms with van der Waals surface area (Å²) < 4.78 is 18.0. The zero-order chi connectivity index (χ0) is 12.7. The Hall–Kier alpha value is -1.13. The van der Waals surface area contributed by atoms with Gasteiger partial charge in [0.1, 0.15) is 11.6 Å². The molecule has 2 N–H and O–H groups in total. The minimum Gasteiger partial charge on any atom is -0.508 e. The molecule has 96 valence electrons. The molecule has 3 nitrogen and oxygen atoms in total. The average Bonchev–Trinajstić information content (AvgIpc) is 2.28. The van der Waals surface area contributed by atoms with Crippen molar-refractivity contribution in [2.24, 2.45) is 0 Å². The highest BCUT2D eigenvalue weighted by molar-refractivity contribution is 5.34. The molecule has 0 saturated carbocycles. The molecule has 0 bridgehead atoms. The molecule has 0 saturated heterocycles. The molecule has 1 aromatic carbocycles. The second kappa shape index (κ2) is 7.25. The number of rotatable bonds is 7. The predicted octanol–water partition coefficient (Wildman–Crippen LogP) is 2.61. The van der Waals surface area contributed by atoms with Crippen LogP contribution in [0.3, 0.4) is 0 Å². The second-order valence-electron chi connectivity index (χ2n) is 3.93. The van der Waals surface area contributed by atoms with Crippen molar-refractivity contribution in [2.75, 3.05) is 19.8 Å². The van der Waals surface area contributed by atoms with Crippen LogP contribution in [0.5, 0.6) is 5.75 Å². The Morgan fingerprint density at radius 3 is 2.88 bits per heavy atom. The zero-order valence-electron chi connectivity index (χ0n) is 10.4. The molecule has 0 heterocycles. The Kier molecular flexibility index (Phi) is 5.94. The number of ether oxygens (including phenoxy) is 1. The monoisotopic (exact) mass is 241 g/mol. The molecular weight excluding hydrogens is 221 g/mol. The van der Waals surface area contributed by atoms with Crippen LogP contribution < -0.4 is 5.32 Å². The first-order valence-corrected chi connectivity index (χ1v) is 5.94. The van der Waals surface area contributed by atoms with Crippen molar-refractivity contribution in [3.8, 4) is 5.75 Å². The van der Waals surface area contributed by atoms with Crippen LogP contribution in [0.2, 0.25) is 0 Å². The van der Waals surface area contributed by atoms with E-state index in [0.717, 1.165) is 32.2 Å². The van der Waals surface area contributed by atoms with Crippen LogP contribution in [0.4, 0.5) is 4.39 Å². The fraction of sp³-hybridized carbons (Fsp3) is 0.538. The summed E-state index contributed by atoms with van der Waals surface area (Å²) >= 11 is 0. The second-order valence-corrected chi connectivity index (χ2v) is 3.93. The van der Waals surface area contributed by atoms with Gasteiger partial charge in [0, 0.05) is 30.9 Å². The quantitative estimate of drug-likeness (QED) is 0.721. The number of hydrogen-bond acceptors (Lipinski definition) is 3. The van der Waals surface area contributed by atoms with Gasteiger partial charge in [-0.15, -0.1) is 0 Å². The molecule has 0 aliphatic heterocycles. The average molecular weight is 241 g/mol. The third kappa shape index (κ3) is 4.71. The molecule has 17 heavy (non-hydrogen) atoms. The molecular formula is C13H20FNO2. The maximum absolute atomic E-state index is 12.8. The molecule has 0 fully saturated rings. The lowest BCUT2D eigenvalue weighted by atomic mass is 10.1. The summed E-state index contributed by atoms with van der Waals surface area (Å²) in [7, 11) is 0. The SMILES string of the molecule is CCOCCCNC(C)c1ccc(F)cc1O. The number of halogens is 1. The minimum atomic E-state index is -0.421. The number of aromatic hydroxyl groups is 1. The Morgan fingerprint density at radius 1 is 1.47 bits per heavy atom. The summed E-state index contributed by atoms with van der Waals surface area (Å²) in [5.41, 5.74) is 0.711. The largest absolute Gasteiger partial charge is 0.508 e. The molecule has 1 atom stereocenters. The van der Waals surface area contributed by atoms with Crippen molar-refractivity contribution in [3.05, 3.63) is 29.6 Å². The maximum atomic E-state index is 12.8. The molecule has 0 aliphatic carbocycles. The number of hydrogen-bond donors (Lipinski definition) is 2.